The Hall–Kier alpha value is -0.850. The molecule has 0 radical (unpaired) electrons. The van der Waals surface area contributed by atoms with Crippen molar-refractivity contribution in [3.05, 3.63) is 0 Å². The third-order valence-corrected chi connectivity index (χ3v) is 2.23. The molecule has 0 fully saturated rings. The van der Waals surface area contributed by atoms with E-state index in [1.807, 2.05) is 32.6 Å². The number of hydrazine groups is 1. The van der Waals surface area contributed by atoms with Gasteiger partial charge in [0.1, 0.15) is 0 Å². The smallest absolute Gasteiger partial charge is 0.208 e. The van der Waals surface area contributed by atoms with Gasteiger partial charge in [-0.3, -0.25) is 5.43 Å². The predicted octanol–water partition coefficient (Wildman–Crippen LogP) is 0.589. The number of hydrogen-bond acceptors (Lipinski definition) is 4. The van der Waals surface area contributed by atoms with Gasteiger partial charge < -0.3 is 14.4 Å². The molecule has 0 aliphatic rings. The molecule has 0 aromatic heterocycles. The van der Waals surface area contributed by atoms with Gasteiger partial charge in [-0.2, -0.15) is 0 Å². The van der Waals surface area contributed by atoms with Gasteiger partial charge in [0.05, 0.1) is 13.2 Å². The summed E-state index contributed by atoms with van der Waals surface area (Å²) in [5.41, 5.74) is 2.65. The van der Waals surface area contributed by atoms with Crippen molar-refractivity contribution in [1.82, 2.24) is 10.3 Å². The molecule has 0 saturated heterocycles. The third-order valence-electron chi connectivity index (χ3n) is 2.23. The zero-order valence-electron chi connectivity index (χ0n) is 12.1. The van der Waals surface area contributed by atoms with Gasteiger partial charge in [-0.25, -0.2) is 10.8 Å². The van der Waals surface area contributed by atoms with Crippen LogP contribution in [0.15, 0.2) is 4.99 Å². The summed E-state index contributed by atoms with van der Waals surface area (Å²) in [4.78, 5) is 6.50. The molecule has 6 heteroatoms. The largest absolute Gasteiger partial charge is 0.380 e. The first kappa shape index (κ1) is 17.2. The number of hydrogen-bond donors (Lipinski definition) is 2. The summed E-state index contributed by atoms with van der Waals surface area (Å²) in [5.74, 6) is 6.21. The van der Waals surface area contributed by atoms with Crippen LogP contribution in [0.4, 0.5) is 0 Å². The van der Waals surface area contributed by atoms with E-state index >= 15 is 0 Å². The highest BCUT2D eigenvalue weighted by molar-refractivity contribution is 5.79. The Labute approximate surface area is 110 Å². The molecule has 0 aliphatic carbocycles. The predicted molar refractivity (Wildman–Crippen MR) is 74.5 cm³/mol. The fraction of sp³-hybridized carbons (Fsp3) is 0.917. The normalized spacial score (nSPS) is 12.0. The van der Waals surface area contributed by atoms with E-state index < -0.39 is 0 Å². The van der Waals surface area contributed by atoms with Crippen LogP contribution in [0.3, 0.4) is 0 Å². The fourth-order valence-electron chi connectivity index (χ4n) is 1.42. The van der Waals surface area contributed by atoms with Gasteiger partial charge in [0.2, 0.25) is 5.96 Å². The highest BCUT2D eigenvalue weighted by atomic mass is 16.5. The van der Waals surface area contributed by atoms with Crippen molar-refractivity contribution in [3.63, 3.8) is 0 Å². The molecule has 0 spiro atoms. The van der Waals surface area contributed by atoms with Crippen LogP contribution >= 0.6 is 0 Å². The lowest BCUT2D eigenvalue weighted by Gasteiger charge is -2.25. The SMILES string of the molecule is CCOCCN(CCOCC)C(=NC(C)C)NN. The monoisotopic (exact) mass is 260 g/mol. The van der Waals surface area contributed by atoms with Crippen molar-refractivity contribution in [2.24, 2.45) is 10.8 Å². The van der Waals surface area contributed by atoms with E-state index in [0.717, 1.165) is 13.1 Å². The number of ether oxygens (including phenoxy) is 2. The number of guanidine groups is 1. The molecule has 0 amide bonds. The second kappa shape index (κ2) is 11.3. The lowest BCUT2D eigenvalue weighted by Crippen LogP contribution is -2.47. The van der Waals surface area contributed by atoms with Gasteiger partial charge in [0.25, 0.3) is 0 Å². The maximum absolute atomic E-state index is 5.53. The van der Waals surface area contributed by atoms with E-state index in [1.165, 1.54) is 0 Å². The topological polar surface area (TPSA) is 72.1 Å². The minimum Gasteiger partial charge on any atom is -0.380 e. The van der Waals surface area contributed by atoms with Crippen LogP contribution in [0.2, 0.25) is 0 Å². The van der Waals surface area contributed by atoms with Crippen LogP contribution in [-0.4, -0.2) is 56.4 Å². The summed E-state index contributed by atoms with van der Waals surface area (Å²) in [5, 5.41) is 0. The highest BCUT2D eigenvalue weighted by Crippen LogP contribution is 1.95. The molecular formula is C12H28N4O2. The first-order chi connectivity index (χ1) is 8.65. The second-order valence-corrected chi connectivity index (χ2v) is 4.07. The Bertz CT molecular complexity index is 212. The van der Waals surface area contributed by atoms with Crippen LogP contribution in [0, 0.1) is 0 Å². The van der Waals surface area contributed by atoms with E-state index in [4.69, 9.17) is 15.3 Å². The Morgan fingerprint density at radius 1 is 1.17 bits per heavy atom. The Kier molecular flexibility index (Phi) is 10.7. The Morgan fingerprint density at radius 2 is 1.67 bits per heavy atom. The average Bonchev–Trinajstić information content (AvgIpc) is 2.34. The molecule has 0 heterocycles. The lowest BCUT2D eigenvalue weighted by molar-refractivity contribution is 0.106. The summed E-state index contributed by atoms with van der Waals surface area (Å²) < 4.78 is 10.7. The van der Waals surface area contributed by atoms with E-state index in [2.05, 4.69) is 10.4 Å². The summed E-state index contributed by atoms with van der Waals surface area (Å²) in [6, 6.07) is 0.192. The minimum atomic E-state index is 0.192. The quantitative estimate of drug-likeness (QED) is 0.209. The molecule has 3 N–H and O–H groups in total. The number of rotatable bonds is 9. The van der Waals surface area contributed by atoms with Crippen LogP contribution < -0.4 is 11.3 Å². The van der Waals surface area contributed by atoms with Gasteiger partial charge in [-0.1, -0.05) is 0 Å². The van der Waals surface area contributed by atoms with Crippen molar-refractivity contribution in [1.29, 1.82) is 0 Å². The van der Waals surface area contributed by atoms with Gasteiger partial charge >= 0.3 is 0 Å². The summed E-state index contributed by atoms with van der Waals surface area (Å²) in [6.45, 7) is 12.2. The number of nitrogens with two attached hydrogens (primary N) is 1. The van der Waals surface area contributed by atoms with Gasteiger partial charge in [-0.05, 0) is 27.7 Å². The molecule has 6 nitrogen and oxygen atoms in total. The zero-order valence-corrected chi connectivity index (χ0v) is 12.1. The summed E-state index contributed by atoms with van der Waals surface area (Å²) in [6.07, 6.45) is 0. The van der Waals surface area contributed by atoms with Gasteiger partial charge in [0, 0.05) is 32.3 Å². The average molecular weight is 260 g/mol. The van der Waals surface area contributed by atoms with Crippen molar-refractivity contribution in [2.75, 3.05) is 39.5 Å². The molecule has 0 atom stereocenters. The molecule has 0 bridgehead atoms. The Morgan fingerprint density at radius 3 is 2.00 bits per heavy atom. The molecule has 108 valence electrons. The van der Waals surface area contributed by atoms with E-state index in [-0.39, 0.29) is 6.04 Å². The molecule has 18 heavy (non-hydrogen) atoms. The van der Waals surface area contributed by atoms with Crippen molar-refractivity contribution < 1.29 is 9.47 Å². The van der Waals surface area contributed by atoms with Crippen molar-refractivity contribution in [2.45, 2.75) is 33.7 Å². The first-order valence-electron chi connectivity index (χ1n) is 6.60. The maximum Gasteiger partial charge on any atom is 0.208 e. The highest BCUT2D eigenvalue weighted by Gasteiger charge is 2.10. The Balaban J connectivity index is 4.39. The minimum absolute atomic E-state index is 0.192. The van der Waals surface area contributed by atoms with E-state index in [9.17, 15) is 0 Å². The molecule has 0 aromatic rings. The summed E-state index contributed by atoms with van der Waals surface area (Å²) >= 11 is 0. The number of nitrogens with one attached hydrogen (secondary N) is 1. The lowest BCUT2D eigenvalue weighted by atomic mass is 10.4. The van der Waals surface area contributed by atoms with Crippen molar-refractivity contribution in [3.8, 4) is 0 Å². The standard InChI is InChI=1S/C12H28N4O2/c1-5-17-9-7-16(8-10-18-6-2)12(15-13)14-11(3)4/h11H,5-10,13H2,1-4H3,(H,14,15). The molecule has 0 rings (SSSR count). The van der Waals surface area contributed by atoms with Crippen LogP contribution in [0.5, 0.6) is 0 Å². The fourth-order valence-corrected chi connectivity index (χ4v) is 1.42. The molecule has 0 saturated carbocycles. The third kappa shape index (κ3) is 8.27. The molecular weight excluding hydrogens is 232 g/mol. The van der Waals surface area contributed by atoms with Gasteiger partial charge in [-0.15, -0.1) is 0 Å². The van der Waals surface area contributed by atoms with Crippen LogP contribution in [0.1, 0.15) is 27.7 Å². The first-order valence-corrected chi connectivity index (χ1v) is 6.60. The summed E-state index contributed by atoms with van der Waals surface area (Å²) in [7, 11) is 0. The van der Waals surface area contributed by atoms with Gasteiger partial charge in [0.15, 0.2) is 0 Å². The number of aliphatic imine (C=N–C) groups is 1. The van der Waals surface area contributed by atoms with E-state index in [0.29, 0.717) is 32.4 Å². The molecule has 0 aromatic carbocycles. The van der Waals surface area contributed by atoms with Crippen LogP contribution in [-0.2, 0) is 9.47 Å². The zero-order chi connectivity index (χ0) is 13.8. The molecule has 0 unspecified atom stereocenters. The number of nitrogens with zero attached hydrogens (tertiary/aromatic N) is 2. The van der Waals surface area contributed by atoms with Crippen molar-refractivity contribution >= 4 is 5.96 Å². The van der Waals surface area contributed by atoms with Crippen LogP contribution in [0.25, 0.3) is 0 Å². The maximum atomic E-state index is 5.53. The molecule has 0 aliphatic heterocycles. The second-order valence-electron chi connectivity index (χ2n) is 4.07. The van der Waals surface area contributed by atoms with E-state index in [1.54, 1.807) is 0 Å².